The zero-order chi connectivity index (χ0) is 20.5. The quantitative estimate of drug-likeness (QED) is 0.515. The van der Waals surface area contributed by atoms with Crippen molar-refractivity contribution in [3.63, 3.8) is 0 Å². The molecule has 0 fully saturated rings. The Morgan fingerprint density at radius 3 is 2.31 bits per heavy atom. The van der Waals surface area contributed by atoms with Crippen molar-refractivity contribution in [2.45, 2.75) is 13.8 Å². The second-order valence-corrected chi connectivity index (χ2v) is 6.69. The first-order valence-corrected chi connectivity index (χ1v) is 9.62. The molecule has 0 aliphatic rings. The molecular weight excluding hydrogens is 364 g/mol. The van der Waals surface area contributed by atoms with Crippen LogP contribution >= 0.6 is 0 Å². The van der Waals surface area contributed by atoms with Gasteiger partial charge < -0.3 is 20.1 Å². The molecule has 3 aromatic rings. The number of para-hydroxylation sites is 1. The summed E-state index contributed by atoms with van der Waals surface area (Å²) in [5.74, 6) is 1.45. The predicted molar refractivity (Wildman–Crippen MR) is 117 cm³/mol. The Balaban J connectivity index is 1.44. The lowest BCUT2D eigenvalue weighted by atomic mass is 10.1. The summed E-state index contributed by atoms with van der Waals surface area (Å²) < 4.78 is 11.4. The maximum absolute atomic E-state index is 12.3. The topological polar surface area (TPSA) is 59.6 Å². The van der Waals surface area contributed by atoms with E-state index in [2.05, 4.69) is 10.6 Å². The summed E-state index contributed by atoms with van der Waals surface area (Å²) in [4.78, 5) is 12.3. The Morgan fingerprint density at radius 1 is 0.828 bits per heavy atom. The number of amides is 1. The highest BCUT2D eigenvalue weighted by molar-refractivity contribution is 5.94. The Bertz CT molecular complexity index is 942. The van der Waals surface area contributed by atoms with Gasteiger partial charge in [0.2, 0.25) is 5.91 Å². The van der Waals surface area contributed by atoms with Gasteiger partial charge in [-0.1, -0.05) is 36.4 Å². The molecular formula is C24H26N2O3. The van der Waals surface area contributed by atoms with Crippen LogP contribution in [0.1, 0.15) is 11.1 Å². The van der Waals surface area contributed by atoms with E-state index in [1.165, 1.54) is 0 Å². The highest BCUT2D eigenvalue weighted by Crippen LogP contribution is 2.19. The maximum Gasteiger partial charge on any atom is 0.243 e. The molecule has 0 bridgehead atoms. The molecule has 0 aromatic heterocycles. The number of ether oxygens (including phenoxy) is 2. The minimum atomic E-state index is -0.0960. The number of nitrogens with one attached hydrogen (secondary N) is 2. The Morgan fingerprint density at radius 2 is 1.52 bits per heavy atom. The molecule has 0 unspecified atom stereocenters. The average Bonchev–Trinajstić information content (AvgIpc) is 2.74. The molecule has 0 aliphatic heterocycles. The van der Waals surface area contributed by atoms with E-state index in [9.17, 15) is 4.79 Å². The zero-order valence-electron chi connectivity index (χ0n) is 16.8. The van der Waals surface area contributed by atoms with Gasteiger partial charge in [-0.05, 0) is 55.3 Å². The summed E-state index contributed by atoms with van der Waals surface area (Å²) in [5, 5.41) is 6.08. The summed E-state index contributed by atoms with van der Waals surface area (Å²) in [5.41, 5.74) is 3.89. The van der Waals surface area contributed by atoms with Gasteiger partial charge in [0.15, 0.2) is 0 Å². The van der Waals surface area contributed by atoms with Crippen LogP contribution < -0.4 is 20.1 Å². The van der Waals surface area contributed by atoms with Crippen molar-refractivity contribution in [1.82, 2.24) is 0 Å². The highest BCUT2D eigenvalue weighted by atomic mass is 16.5. The lowest BCUT2D eigenvalue weighted by Gasteiger charge is -2.12. The fraction of sp³-hybridized carbons (Fsp3) is 0.208. The van der Waals surface area contributed by atoms with Crippen LogP contribution in [0.3, 0.4) is 0 Å². The molecule has 29 heavy (non-hydrogen) atoms. The first-order chi connectivity index (χ1) is 14.1. The second-order valence-electron chi connectivity index (χ2n) is 6.69. The van der Waals surface area contributed by atoms with Crippen molar-refractivity contribution in [2.24, 2.45) is 0 Å². The number of anilines is 2. The minimum absolute atomic E-state index is 0.0960. The smallest absolute Gasteiger partial charge is 0.243 e. The first-order valence-electron chi connectivity index (χ1n) is 9.62. The van der Waals surface area contributed by atoms with Gasteiger partial charge >= 0.3 is 0 Å². The van der Waals surface area contributed by atoms with E-state index in [0.29, 0.717) is 13.2 Å². The van der Waals surface area contributed by atoms with Crippen LogP contribution in [0.2, 0.25) is 0 Å². The van der Waals surface area contributed by atoms with Gasteiger partial charge in [0, 0.05) is 17.4 Å². The predicted octanol–water partition coefficient (Wildman–Crippen LogP) is 4.81. The maximum atomic E-state index is 12.3. The highest BCUT2D eigenvalue weighted by Gasteiger charge is 2.06. The van der Waals surface area contributed by atoms with Crippen molar-refractivity contribution in [2.75, 3.05) is 30.4 Å². The molecule has 5 nitrogen and oxygen atoms in total. The summed E-state index contributed by atoms with van der Waals surface area (Å²) in [6.45, 7) is 5.10. The third-order valence-corrected chi connectivity index (χ3v) is 4.53. The SMILES string of the molecule is Cc1cccc(NC(=O)CNc2cccc(OCCOc3ccccc3)c2)c1C. The summed E-state index contributed by atoms with van der Waals surface area (Å²) in [6.07, 6.45) is 0. The van der Waals surface area contributed by atoms with Crippen molar-refractivity contribution >= 4 is 17.3 Å². The van der Waals surface area contributed by atoms with E-state index in [1.54, 1.807) is 0 Å². The lowest BCUT2D eigenvalue weighted by molar-refractivity contribution is -0.114. The Hall–Kier alpha value is -3.47. The largest absolute Gasteiger partial charge is 0.490 e. The van der Waals surface area contributed by atoms with Crippen molar-refractivity contribution < 1.29 is 14.3 Å². The van der Waals surface area contributed by atoms with Crippen molar-refractivity contribution in [3.05, 3.63) is 83.9 Å². The molecule has 1 amide bonds. The third-order valence-electron chi connectivity index (χ3n) is 4.53. The van der Waals surface area contributed by atoms with Crippen molar-refractivity contribution in [3.8, 4) is 11.5 Å². The van der Waals surface area contributed by atoms with E-state index in [-0.39, 0.29) is 12.5 Å². The molecule has 0 spiro atoms. The number of aryl methyl sites for hydroxylation is 1. The fourth-order valence-electron chi connectivity index (χ4n) is 2.79. The summed E-state index contributed by atoms with van der Waals surface area (Å²) >= 11 is 0. The number of benzene rings is 3. The third kappa shape index (κ3) is 6.28. The van der Waals surface area contributed by atoms with Crippen LogP contribution in [0, 0.1) is 13.8 Å². The number of rotatable bonds is 9. The monoisotopic (exact) mass is 390 g/mol. The van der Waals surface area contributed by atoms with Gasteiger partial charge in [-0.3, -0.25) is 4.79 Å². The van der Waals surface area contributed by atoms with Crippen molar-refractivity contribution in [1.29, 1.82) is 0 Å². The van der Waals surface area contributed by atoms with Crippen LogP contribution in [0.5, 0.6) is 11.5 Å². The summed E-state index contributed by atoms with van der Waals surface area (Å²) in [6, 6.07) is 23.0. The van der Waals surface area contributed by atoms with Gasteiger partial charge in [-0.15, -0.1) is 0 Å². The van der Waals surface area contributed by atoms with E-state index in [0.717, 1.165) is 34.0 Å². The van der Waals surface area contributed by atoms with Crippen LogP contribution in [-0.2, 0) is 4.79 Å². The van der Waals surface area contributed by atoms with Crippen LogP contribution in [0.4, 0.5) is 11.4 Å². The molecule has 0 heterocycles. The molecule has 3 aromatic carbocycles. The molecule has 0 atom stereocenters. The van der Waals surface area contributed by atoms with E-state index >= 15 is 0 Å². The van der Waals surface area contributed by atoms with Gasteiger partial charge in [-0.2, -0.15) is 0 Å². The van der Waals surface area contributed by atoms with E-state index < -0.39 is 0 Å². The van der Waals surface area contributed by atoms with Gasteiger partial charge in [-0.25, -0.2) is 0 Å². The molecule has 2 N–H and O–H groups in total. The van der Waals surface area contributed by atoms with Gasteiger partial charge in [0.05, 0.1) is 6.54 Å². The molecule has 5 heteroatoms. The van der Waals surface area contributed by atoms with E-state index in [4.69, 9.17) is 9.47 Å². The molecule has 0 radical (unpaired) electrons. The standard InChI is InChI=1S/C24H26N2O3/c1-18-8-6-13-23(19(18)2)26-24(27)17-25-20-9-7-12-22(16-20)29-15-14-28-21-10-4-3-5-11-21/h3-13,16,25H,14-15,17H2,1-2H3,(H,26,27). The molecule has 3 rings (SSSR count). The molecule has 0 saturated carbocycles. The van der Waals surface area contributed by atoms with Crippen LogP contribution in [0.25, 0.3) is 0 Å². The number of hydrogen-bond donors (Lipinski definition) is 2. The molecule has 0 saturated heterocycles. The normalized spacial score (nSPS) is 10.3. The zero-order valence-corrected chi connectivity index (χ0v) is 16.8. The first kappa shape index (κ1) is 20.3. The number of carbonyl (C=O) groups excluding carboxylic acids is 1. The number of carbonyl (C=O) groups is 1. The lowest BCUT2D eigenvalue weighted by Crippen LogP contribution is -2.22. The fourth-order valence-corrected chi connectivity index (χ4v) is 2.79. The van der Waals surface area contributed by atoms with Crippen LogP contribution in [0.15, 0.2) is 72.8 Å². The Kier molecular flexibility index (Phi) is 7.11. The minimum Gasteiger partial charge on any atom is -0.490 e. The van der Waals surface area contributed by atoms with Gasteiger partial charge in [0.1, 0.15) is 24.7 Å². The second kappa shape index (κ2) is 10.2. The van der Waals surface area contributed by atoms with E-state index in [1.807, 2.05) is 86.6 Å². The average molecular weight is 390 g/mol. The number of hydrogen-bond acceptors (Lipinski definition) is 4. The Labute approximate surface area is 171 Å². The molecule has 0 aliphatic carbocycles. The summed E-state index contributed by atoms with van der Waals surface area (Å²) in [7, 11) is 0. The van der Waals surface area contributed by atoms with Gasteiger partial charge in [0.25, 0.3) is 0 Å². The molecule has 150 valence electrons. The van der Waals surface area contributed by atoms with Crippen LogP contribution in [-0.4, -0.2) is 25.7 Å².